The minimum Gasteiger partial charge on any atom is -0.370 e. The molecule has 0 aliphatic heterocycles. The number of nitrogens with one attached hydrogen (secondary N) is 2. The van der Waals surface area contributed by atoms with Crippen molar-refractivity contribution in [2.45, 2.75) is 27.7 Å². The zero-order valence-corrected chi connectivity index (χ0v) is 13.8. The molecule has 0 radical (unpaired) electrons. The lowest BCUT2D eigenvalue weighted by molar-refractivity contribution is 1.02. The highest BCUT2D eigenvalue weighted by atomic mass is 79.9. The fourth-order valence-electron chi connectivity index (χ4n) is 1.95. The third kappa shape index (κ3) is 3.28. The third-order valence-corrected chi connectivity index (χ3v) is 3.67. The molecule has 0 fully saturated rings. The smallest absolute Gasteiger partial charge is 0.139 e. The molecule has 0 atom stereocenters. The lowest BCUT2D eigenvalue weighted by Gasteiger charge is -2.14. The van der Waals surface area contributed by atoms with Crippen LogP contribution >= 0.6 is 15.9 Å². The summed E-state index contributed by atoms with van der Waals surface area (Å²) >= 11 is 3.56. The van der Waals surface area contributed by atoms with Crippen molar-refractivity contribution in [2.75, 3.05) is 17.2 Å². The SMILES string of the molecule is CCNc1nc(C)nc(Nc2cc(C)ccc2Br)c1C. The molecule has 0 saturated heterocycles. The van der Waals surface area contributed by atoms with Crippen LogP contribution < -0.4 is 10.6 Å². The second kappa shape index (κ2) is 6.22. The summed E-state index contributed by atoms with van der Waals surface area (Å²) in [5, 5.41) is 6.65. The van der Waals surface area contributed by atoms with Gasteiger partial charge < -0.3 is 10.6 Å². The van der Waals surface area contributed by atoms with E-state index in [0.29, 0.717) is 0 Å². The van der Waals surface area contributed by atoms with Gasteiger partial charge in [-0.2, -0.15) is 0 Å². The van der Waals surface area contributed by atoms with Crippen LogP contribution in [0.5, 0.6) is 0 Å². The van der Waals surface area contributed by atoms with E-state index in [1.807, 2.05) is 19.9 Å². The van der Waals surface area contributed by atoms with Gasteiger partial charge in [0.25, 0.3) is 0 Å². The average Bonchev–Trinajstić information content (AvgIpc) is 2.39. The van der Waals surface area contributed by atoms with E-state index in [2.05, 4.69) is 62.5 Å². The van der Waals surface area contributed by atoms with Gasteiger partial charge in [0.05, 0.1) is 5.69 Å². The molecule has 0 saturated carbocycles. The molecule has 1 heterocycles. The minimum absolute atomic E-state index is 0.748. The number of nitrogens with zero attached hydrogens (tertiary/aromatic N) is 2. The van der Waals surface area contributed by atoms with E-state index in [-0.39, 0.29) is 0 Å². The first-order valence-corrected chi connectivity index (χ1v) is 7.43. The molecule has 0 aliphatic rings. The molecule has 20 heavy (non-hydrogen) atoms. The van der Waals surface area contributed by atoms with Crippen molar-refractivity contribution in [3.8, 4) is 0 Å². The Morgan fingerprint density at radius 1 is 1.10 bits per heavy atom. The molecule has 2 aromatic rings. The molecule has 1 aromatic carbocycles. The van der Waals surface area contributed by atoms with Crippen molar-refractivity contribution in [1.82, 2.24) is 9.97 Å². The van der Waals surface area contributed by atoms with Crippen LogP contribution in [-0.2, 0) is 0 Å². The van der Waals surface area contributed by atoms with Crippen molar-refractivity contribution in [2.24, 2.45) is 0 Å². The lowest BCUT2D eigenvalue weighted by Crippen LogP contribution is -2.08. The number of benzene rings is 1. The van der Waals surface area contributed by atoms with Gasteiger partial charge in [0.1, 0.15) is 17.5 Å². The fraction of sp³-hybridized carbons (Fsp3) is 0.333. The Bertz CT molecular complexity index is 626. The van der Waals surface area contributed by atoms with E-state index in [4.69, 9.17) is 0 Å². The van der Waals surface area contributed by atoms with Gasteiger partial charge in [0, 0.05) is 16.6 Å². The number of aromatic nitrogens is 2. The van der Waals surface area contributed by atoms with Crippen LogP contribution in [0, 0.1) is 20.8 Å². The topological polar surface area (TPSA) is 49.8 Å². The highest BCUT2D eigenvalue weighted by molar-refractivity contribution is 9.10. The van der Waals surface area contributed by atoms with E-state index >= 15 is 0 Å². The van der Waals surface area contributed by atoms with E-state index in [1.54, 1.807) is 0 Å². The summed E-state index contributed by atoms with van der Waals surface area (Å²) in [6.07, 6.45) is 0. The molecule has 0 bridgehead atoms. The molecule has 0 aliphatic carbocycles. The molecule has 2 N–H and O–H groups in total. The standard InChI is InChI=1S/C15H19BrN4/c1-5-17-14-10(3)15(19-11(4)18-14)20-13-8-9(2)6-7-12(13)16/h6-8H,5H2,1-4H3,(H2,17,18,19,20). The molecule has 1 aromatic heterocycles. The summed E-state index contributed by atoms with van der Waals surface area (Å²) in [6.45, 7) is 8.88. The van der Waals surface area contributed by atoms with E-state index in [0.717, 1.165) is 39.7 Å². The monoisotopic (exact) mass is 334 g/mol. The lowest BCUT2D eigenvalue weighted by atomic mass is 10.2. The predicted octanol–water partition coefficient (Wildman–Crippen LogP) is 4.34. The number of halogens is 1. The van der Waals surface area contributed by atoms with Gasteiger partial charge in [0.15, 0.2) is 0 Å². The van der Waals surface area contributed by atoms with Crippen LogP contribution in [0.3, 0.4) is 0 Å². The van der Waals surface area contributed by atoms with Crippen molar-refractivity contribution in [3.63, 3.8) is 0 Å². The molecule has 0 amide bonds. The first kappa shape index (κ1) is 14.8. The number of hydrogen-bond donors (Lipinski definition) is 2. The Kier molecular flexibility index (Phi) is 4.60. The highest BCUT2D eigenvalue weighted by Crippen LogP contribution is 2.29. The number of aryl methyl sites for hydroxylation is 2. The maximum absolute atomic E-state index is 4.50. The molecule has 0 unspecified atom stereocenters. The molecule has 0 spiro atoms. The summed E-state index contributed by atoms with van der Waals surface area (Å²) in [5.74, 6) is 2.46. The van der Waals surface area contributed by atoms with E-state index in [1.165, 1.54) is 5.56 Å². The summed E-state index contributed by atoms with van der Waals surface area (Å²) in [6, 6.07) is 6.19. The Morgan fingerprint density at radius 3 is 2.50 bits per heavy atom. The summed E-state index contributed by atoms with van der Waals surface area (Å²) in [4.78, 5) is 8.93. The normalized spacial score (nSPS) is 10.4. The Labute approximate surface area is 128 Å². The van der Waals surface area contributed by atoms with Crippen LogP contribution in [0.2, 0.25) is 0 Å². The van der Waals surface area contributed by atoms with Crippen molar-refractivity contribution in [1.29, 1.82) is 0 Å². The Balaban J connectivity index is 2.40. The molecule has 2 rings (SSSR count). The molecule has 4 nitrogen and oxygen atoms in total. The second-order valence-electron chi connectivity index (χ2n) is 4.73. The zero-order valence-electron chi connectivity index (χ0n) is 12.2. The highest BCUT2D eigenvalue weighted by Gasteiger charge is 2.10. The van der Waals surface area contributed by atoms with Crippen LogP contribution in [0.25, 0.3) is 0 Å². The maximum Gasteiger partial charge on any atom is 0.139 e. The third-order valence-electron chi connectivity index (χ3n) is 2.98. The summed E-state index contributed by atoms with van der Waals surface area (Å²) in [7, 11) is 0. The van der Waals surface area contributed by atoms with Crippen LogP contribution in [-0.4, -0.2) is 16.5 Å². The molecular weight excluding hydrogens is 316 g/mol. The van der Waals surface area contributed by atoms with E-state index < -0.39 is 0 Å². The van der Waals surface area contributed by atoms with Gasteiger partial charge in [-0.05, 0) is 61.3 Å². The molecule has 5 heteroatoms. The van der Waals surface area contributed by atoms with Crippen LogP contribution in [0.15, 0.2) is 22.7 Å². The van der Waals surface area contributed by atoms with Crippen LogP contribution in [0.4, 0.5) is 17.3 Å². The van der Waals surface area contributed by atoms with E-state index in [9.17, 15) is 0 Å². The van der Waals surface area contributed by atoms with Crippen molar-refractivity contribution in [3.05, 3.63) is 39.6 Å². The van der Waals surface area contributed by atoms with Gasteiger partial charge >= 0.3 is 0 Å². The zero-order chi connectivity index (χ0) is 14.7. The van der Waals surface area contributed by atoms with Crippen molar-refractivity contribution >= 4 is 33.3 Å². The number of anilines is 3. The van der Waals surface area contributed by atoms with Gasteiger partial charge in [-0.25, -0.2) is 9.97 Å². The average molecular weight is 335 g/mol. The quantitative estimate of drug-likeness (QED) is 0.873. The Morgan fingerprint density at radius 2 is 1.80 bits per heavy atom. The maximum atomic E-state index is 4.50. The summed E-state index contributed by atoms with van der Waals surface area (Å²) < 4.78 is 1.02. The van der Waals surface area contributed by atoms with Gasteiger partial charge in [0.2, 0.25) is 0 Å². The molecular formula is C15H19BrN4. The largest absolute Gasteiger partial charge is 0.370 e. The fourth-order valence-corrected chi connectivity index (χ4v) is 2.30. The number of rotatable bonds is 4. The van der Waals surface area contributed by atoms with Crippen LogP contribution in [0.1, 0.15) is 23.9 Å². The summed E-state index contributed by atoms with van der Waals surface area (Å²) in [5.41, 5.74) is 3.23. The molecule has 106 valence electrons. The Hall–Kier alpha value is -1.62. The minimum atomic E-state index is 0.748. The van der Waals surface area contributed by atoms with Gasteiger partial charge in [-0.15, -0.1) is 0 Å². The van der Waals surface area contributed by atoms with Gasteiger partial charge in [-0.3, -0.25) is 0 Å². The first-order chi connectivity index (χ1) is 9.51. The number of hydrogen-bond acceptors (Lipinski definition) is 4. The van der Waals surface area contributed by atoms with Gasteiger partial charge in [-0.1, -0.05) is 6.07 Å². The first-order valence-electron chi connectivity index (χ1n) is 6.63. The predicted molar refractivity (Wildman–Crippen MR) is 87.8 cm³/mol. The van der Waals surface area contributed by atoms with Crippen molar-refractivity contribution < 1.29 is 0 Å². The second-order valence-corrected chi connectivity index (χ2v) is 5.59.